The normalized spacial score (nSPS) is 11.5. The highest BCUT2D eigenvalue weighted by molar-refractivity contribution is 5.91. The average Bonchev–Trinajstić information content (AvgIpc) is 2.68. The van der Waals surface area contributed by atoms with Gasteiger partial charge in [0.25, 0.3) is 5.91 Å². The highest BCUT2D eigenvalue weighted by Gasteiger charge is 2.39. The van der Waals surface area contributed by atoms with Crippen LogP contribution >= 0.6 is 0 Å². The van der Waals surface area contributed by atoms with Crippen molar-refractivity contribution < 1.29 is 18.7 Å². The first kappa shape index (κ1) is 18.4. The molecule has 0 saturated heterocycles. The van der Waals surface area contributed by atoms with Crippen molar-refractivity contribution in [1.29, 1.82) is 0 Å². The maximum atomic E-state index is 13.2. The number of hydrogen-bond acceptors (Lipinski definition) is 3. The Morgan fingerprint density at radius 1 is 0.889 bits per heavy atom. The quantitative estimate of drug-likeness (QED) is 0.537. The maximum Gasteiger partial charge on any atom is 0.281 e. The molecule has 0 aliphatic carbocycles. The van der Waals surface area contributed by atoms with Crippen LogP contribution in [-0.4, -0.2) is 17.2 Å². The van der Waals surface area contributed by atoms with Crippen LogP contribution in [0.3, 0.4) is 0 Å². The standard InChI is InChI=1S/C21H16F2N2O2/c22-18-11-15(12-19(23)13-18)14-24-25-20(26)21(27,16-7-3-1-4-8-16)17-9-5-2-6-10-17/h1-14,27H,(H,25,26)/b24-14+. The van der Waals surface area contributed by atoms with Crippen LogP contribution in [0.1, 0.15) is 16.7 Å². The van der Waals surface area contributed by atoms with Crippen molar-refractivity contribution in [2.75, 3.05) is 0 Å². The highest BCUT2D eigenvalue weighted by Crippen LogP contribution is 2.29. The monoisotopic (exact) mass is 366 g/mol. The van der Waals surface area contributed by atoms with E-state index in [9.17, 15) is 18.7 Å². The van der Waals surface area contributed by atoms with Crippen molar-refractivity contribution in [3.63, 3.8) is 0 Å². The van der Waals surface area contributed by atoms with Gasteiger partial charge in [-0.05, 0) is 23.3 Å². The molecule has 3 aromatic carbocycles. The van der Waals surface area contributed by atoms with Crippen LogP contribution in [0.4, 0.5) is 8.78 Å². The van der Waals surface area contributed by atoms with Crippen LogP contribution in [0, 0.1) is 11.6 Å². The molecule has 0 spiro atoms. The van der Waals surface area contributed by atoms with Crippen LogP contribution in [0.15, 0.2) is 84.0 Å². The Balaban J connectivity index is 1.89. The number of hydrazone groups is 1. The molecule has 4 nitrogen and oxygen atoms in total. The summed E-state index contributed by atoms with van der Waals surface area (Å²) in [6.07, 6.45) is 1.10. The number of nitrogens with zero attached hydrogens (tertiary/aromatic N) is 1. The first-order valence-electron chi connectivity index (χ1n) is 8.13. The number of hydrogen-bond donors (Lipinski definition) is 2. The maximum absolute atomic E-state index is 13.2. The predicted octanol–water partition coefficient (Wildman–Crippen LogP) is 3.35. The Morgan fingerprint density at radius 3 is 1.85 bits per heavy atom. The molecule has 0 fully saturated rings. The third kappa shape index (κ3) is 4.07. The third-order valence-corrected chi connectivity index (χ3v) is 3.98. The minimum Gasteiger partial charge on any atom is -0.372 e. The Kier molecular flexibility index (Phi) is 5.38. The van der Waals surface area contributed by atoms with Gasteiger partial charge >= 0.3 is 0 Å². The van der Waals surface area contributed by atoms with Gasteiger partial charge in [0, 0.05) is 11.6 Å². The number of carbonyl (C=O) groups is 1. The fourth-order valence-corrected chi connectivity index (χ4v) is 2.68. The SMILES string of the molecule is O=C(N/N=C/c1cc(F)cc(F)c1)C(O)(c1ccccc1)c1ccccc1. The van der Waals surface area contributed by atoms with E-state index in [-0.39, 0.29) is 5.56 Å². The van der Waals surface area contributed by atoms with Crippen LogP contribution < -0.4 is 5.43 Å². The number of benzene rings is 3. The first-order chi connectivity index (χ1) is 13.0. The van der Waals surface area contributed by atoms with Gasteiger partial charge in [0.05, 0.1) is 6.21 Å². The molecule has 0 aliphatic heterocycles. The number of aliphatic hydroxyl groups is 1. The largest absolute Gasteiger partial charge is 0.372 e. The van der Waals surface area contributed by atoms with Gasteiger partial charge in [-0.1, -0.05) is 60.7 Å². The summed E-state index contributed by atoms with van der Waals surface area (Å²) in [6, 6.07) is 19.7. The Morgan fingerprint density at radius 2 is 1.37 bits per heavy atom. The number of amides is 1. The summed E-state index contributed by atoms with van der Waals surface area (Å²) in [5.74, 6) is -2.31. The van der Waals surface area contributed by atoms with Gasteiger partial charge in [-0.15, -0.1) is 0 Å². The molecule has 136 valence electrons. The molecule has 3 aromatic rings. The summed E-state index contributed by atoms with van der Waals surface area (Å²) in [7, 11) is 0. The zero-order chi connectivity index (χ0) is 19.3. The molecule has 27 heavy (non-hydrogen) atoms. The summed E-state index contributed by atoms with van der Waals surface area (Å²) in [4.78, 5) is 12.8. The number of halogens is 2. The molecule has 0 atom stereocenters. The van der Waals surface area contributed by atoms with Gasteiger partial charge in [-0.25, -0.2) is 14.2 Å². The Hall–Kier alpha value is -3.38. The predicted molar refractivity (Wildman–Crippen MR) is 98.0 cm³/mol. The number of nitrogens with one attached hydrogen (secondary N) is 1. The summed E-state index contributed by atoms with van der Waals surface area (Å²) in [5.41, 5.74) is 1.12. The van der Waals surface area contributed by atoms with Crippen molar-refractivity contribution in [2.45, 2.75) is 5.60 Å². The zero-order valence-electron chi connectivity index (χ0n) is 14.1. The van der Waals surface area contributed by atoms with Crippen LogP contribution in [-0.2, 0) is 10.4 Å². The van der Waals surface area contributed by atoms with E-state index >= 15 is 0 Å². The Bertz CT molecular complexity index is 901. The van der Waals surface area contributed by atoms with Crippen molar-refractivity contribution in [3.8, 4) is 0 Å². The van der Waals surface area contributed by atoms with Crippen LogP contribution in [0.2, 0.25) is 0 Å². The van der Waals surface area contributed by atoms with E-state index in [1.165, 1.54) is 0 Å². The van der Waals surface area contributed by atoms with Crippen LogP contribution in [0.5, 0.6) is 0 Å². The zero-order valence-corrected chi connectivity index (χ0v) is 14.1. The molecule has 0 saturated carbocycles. The van der Waals surface area contributed by atoms with E-state index in [1.54, 1.807) is 60.7 Å². The molecular weight excluding hydrogens is 350 g/mol. The molecule has 0 aromatic heterocycles. The van der Waals surface area contributed by atoms with E-state index in [0.29, 0.717) is 11.1 Å². The first-order valence-corrected chi connectivity index (χ1v) is 8.13. The van der Waals surface area contributed by atoms with E-state index in [2.05, 4.69) is 10.5 Å². The highest BCUT2D eigenvalue weighted by atomic mass is 19.1. The van der Waals surface area contributed by atoms with Crippen molar-refractivity contribution in [2.24, 2.45) is 5.10 Å². The van der Waals surface area contributed by atoms with E-state index < -0.39 is 23.1 Å². The number of rotatable bonds is 5. The van der Waals surface area contributed by atoms with Crippen molar-refractivity contribution in [1.82, 2.24) is 5.43 Å². The van der Waals surface area contributed by atoms with Gasteiger partial charge in [0.1, 0.15) is 11.6 Å². The minimum absolute atomic E-state index is 0.135. The van der Waals surface area contributed by atoms with Crippen LogP contribution in [0.25, 0.3) is 0 Å². The molecule has 0 unspecified atom stereocenters. The fourth-order valence-electron chi connectivity index (χ4n) is 2.68. The summed E-state index contributed by atoms with van der Waals surface area (Å²) >= 11 is 0. The second kappa shape index (κ2) is 7.88. The van der Waals surface area contributed by atoms with Crippen molar-refractivity contribution in [3.05, 3.63) is 107 Å². The lowest BCUT2D eigenvalue weighted by molar-refractivity contribution is -0.136. The molecule has 0 aliphatic rings. The smallest absolute Gasteiger partial charge is 0.281 e. The topological polar surface area (TPSA) is 61.7 Å². The molecule has 6 heteroatoms. The molecule has 2 N–H and O–H groups in total. The van der Waals surface area contributed by atoms with E-state index in [0.717, 1.165) is 24.4 Å². The minimum atomic E-state index is -1.98. The summed E-state index contributed by atoms with van der Waals surface area (Å²) in [5, 5.41) is 14.9. The summed E-state index contributed by atoms with van der Waals surface area (Å²) < 4.78 is 26.4. The van der Waals surface area contributed by atoms with Crippen molar-refractivity contribution >= 4 is 12.1 Å². The molecule has 0 radical (unpaired) electrons. The van der Waals surface area contributed by atoms with Gasteiger partial charge in [0.2, 0.25) is 0 Å². The lowest BCUT2D eigenvalue weighted by Crippen LogP contribution is -2.43. The molecule has 0 bridgehead atoms. The Labute approximate surface area is 154 Å². The van der Waals surface area contributed by atoms with E-state index in [4.69, 9.17) is 0 Å². The van der Waals surface area contributed by atoms with Gasteiger partial charge in [-0.3, -0.25) is 4.79 Å². The third-order valence-electron chi connectivity index (χ3n) is 3.98. The fraction of sp³-hybridized carbons (Fsp3) is 0.0476. The molecule has 1 amide bonds. The van der Waals surface area contributed by atoms with Gasteiger partial charge in [0.15, 0.2) is 5.60 Å². The molecule has 3 rings (SSSR count). The molecule has 0 heterocycles. The summed E-state index contributed by atoms with van der Waals surface area (Å²) in [6.45, 7) is 0. The second-order valence-corrected chi connectivity index (χ2v) is 5.84. The van der Waals surface area contributed by atoms with E-state index in [1.807, 2.05) is 0 Å². The number of carbonyl (C=O) groups excluding carboxylic acids is 1. The van der Waals surface area contributed by atoms with Gasteiger partial charge < -0.3 is 5.11 Å². The second-order valence-electron chi connectivity index (χ2n) is 5.84. The molecular formula is C21H16F2N2O2. The average molecular weight is 366 g/mol. The lowest BCUT2D eigenvalue weighted by Gasteiger charge is -2.27. The van der Waals surface area contributed by atoms with Gasteiger partial charge in [-0.2, -0.15) is 5.10 Å². The lowest BCUT2D eigenvalue weighted by atomic mass is 9.85.